The van der Waals surface area contributed by atoms with E-state index in [1.54, 1.807) is 0 Å². The Balaban J connectivity index is 1.98. The fourth-order valence-corrected chi connectivity index (χ4v) is 3.03. The van der Waals surface area contributed by atoms with Crippen LogP contribution in [0, 0.1) is 5.41 Å². The lowest BCUT2D eigenvalue weighted by atomic mass is 9.71. The minimum absolute atomic E-state index is 0.256. The Bertz CT molecular complexity index is 365. The quantitative estimate of drug-likeness (QED) is 0.846. The number of nitrogens with two attached hydrogens (primary N) is 1. The number of benzene rings is 1. The van der Waals surface area contributed by atoms with E-state index >= 15 is 0 Å². The van der Waals surface area contributed by atoms with Gasteiger partial charge in [-0.15, -0.1) is 0 Å². The lowest BCUT2D eigenvalue weighted by Gasteiger charge is -2.34. The number of rotatable bonds is 3. The van der Waals surface area contributed by atoms with Gasteiger partial charge in [0, 0.05) is 6.04 Å². The van der Waals surface area contributed by atoms with E-state index in [0.29, 0.717) is 5.41 Å². The minimum atomic E-state index is 0.256. The molecular formula is C17H27N. The average Bonchev–Trinajstić information content (AvgIpc) is 2.30. The molecular weight excluding hydrogens is 218 g/mol. The normalized spacial score (nSPS) is 21.8. The van der Waals surface area contributed by atoms with Gasteiger partial charge in [0.05, 0.1) is 0 Å². The van der Waals surface area contributed by atoms with Crippen molar-refractivity contribution in [1.29, 1.82) is 0 Å². The van der Waals surface area contributed by atoms with E-state index in [-0.39, 0.29) is 6.04 Å². The molecule has 2 rings (SSSR count). The molecule has 1 fully saturated rings. The summed E-state index contributed by atoms with van der Waals surface area (Å²) in [5.74, 6) is 0.780. The van der Waals surface area contributed by atoms with Crippen LogP contribution in [0.3, 0.4) is 0 Å². The van der Waals surface area contributed by atoms with Crippen LogP contribution in [0.15, 0.2) is 24.3 Å². The lowest BCUT2D eigenvalue weighted by molar-refractivity contribution is 0.224. The molecule has 0 spiro atoms. The molecule has 1 aliphatic rings. The summed E-state index contributed by atoms with van der Waals surface area (Å²) in [6, 6.07) is 9.42. The maximum absolute atomic E-state index is 5.84. The van der Waals surface area contributed by atoms with Gasteiger partial charge in [-0.2, -0.15) is 0 Å². The third-order valence-electron chi connectivity index (χ3n) is 4.35. The highest BCUT2D eigenvalue weighted by molar-refractivity contribution is 5.26. The largest absolute Gasteiger partial charge is 0.328 e. The molecule has 1 unspecified atom stereocenters. The molecule has 1 aromatic rings. The molecule has 1 heteroatoms. The first-order valence-corrected chi connectivity index (χ1v) is 7.31. The summed E-state index contributed by atoms with van der Waals surface area (Å²) < 4.78 is 0. The molecule has 1 nitrogen and oxygen atoms in total. The van der Waals surface area contributed by atoms with Crippen LogP contribution in [0.5, 0.6) is 0 Å². The van der Waals surface area contributed by atoms with E-state index in [0.717, 1.165) is 12.3 Å². The molecule has 100 valence electrons. The number of hydrogen-bond donors (Lipinski definition) is 1. The van der Waals surface area contributed by atoms with Crippen LogP contribution in [0.4, 0.5) is 0 Å². The van der Waals surface area contributed by atoms with Gasteiger partial charge in [-0.1, -0.05) is 38.1 Å². The van der Waals surface area contributed by atoms with Crippen molar-refractivity contribution in [2.24, 2.45) is 11.1 Å². The van der Waals surface area contributed by atoms with Crippen molar-refractivity contribution in [1.82, 2.24) is 0 Å². The zero-order valence-corrected chi connectivity index (χ0v) is 12.1. The first-order chi connectivity index (χ1) is 8.46. The molecule has 0 amide bonds. The van der Waals surface area contributed by atoms with Crippen LogP contribution < -0.4 is 5.73 Å². The highest BCUT2D eigenvalue weighted by Crippen LogP contribution is 2.42. The van der Waals surface area contributed by atoms with Gasteiger partial charge >= 0.3 is 0 Å². The summed E-state index contributed by atoms with van der Waals surface area (Å²) >= 11 is 0. The van der Waals surface area contributed by atoms with Gasteiger partial charge in [-0.25, -0.2) is 0 Å². The Hall–Kier alpha value is -0.820. The lowest BCUT2D eigenvalue weighted by Crippen LogP contribution is -2.20. The average molecular weight is 245 g/mol. The van der Waals surface area contributed by atoms with E-state index < -0.39 is 0 Å². The summed E-state index contributed by atoms with van der Waals surface area (Å²) in [5, 5.41) is 0. The van der Waals surface area contributed by atoms with E-state index in [1.807, 2.05) is 0 Å². The molecule has 0 radical (unpaired) electrons. The third kappa shape index (κ3) is 3.58. The Morgan fingerprint density at radius 2 is 1.72 bits per heavy atom. The third-order valence-corrected chi connectivity index (χ3v) is 4.35. The summed E-state index contributed by atoms with van der Waals surface area (Å²) in [5.41, 5.74) is 9.29. The van der Waals surface area contributed by atoms with Crippen LogP contribution in [0.2, 0.25) is 0 Å². The Morgan fingerprint density at radius 1 is 1.17 bits per heavy atom. The Morgan fingerprint density at radius 3 is 2.22 bits per heavy atom. The van der Waals surface area contributed by atoms with Crippen LogP contribution in [-0.4, -0.2) is 6.04 Å². The van der Waals surface area contributed by atoms with E-state index in [1.165, 1.54) is 36.8 Å². The first kappa shape index (κ1) is 13.6. The Labute approximate surface area is 112 Å². The highest BCUT2D eigenvalue weighted by atomic mass is 14.6. The fraction of sp³-hybridized carbons (Fsp3) is 0.647. The standard InChI is InChI=1S/C17H27N/c1-13(18)12-14-4-6-15(7-5-14)16-8-10-17(2,3)11-9-16/h4-7,13,16H,8-12,18H2,1-3H3. The molecule has 1 saturated carbocycles. The molecule has 0 heterocycles. The van der Waals surface area contributed by atoms with Crippen molar-refractivity contribution in [3.63, 3.8) is 0 Å². The van der Waals surface area contributed by atoms with Gasteiger partial charge in [0.15, 0.2) is 0 Å². The van der Waals surface area contributed by atoms with Crippen LogP contribution in [-0.2, 0) is 6.42 Å². The molecule has 2 N–H and O–H groups in total. The SMILES string of the molecule is CC(N)Cc1ccc(C2CCC(C)(C)CC2)cc1. The molecule has 0 saturated heterocycles. The van der Waals surface area contributed by atoms with Gasteiger partial charge in [-0.3, -0.25) is 0 Å². The van der Waals surface area contributed by atoms with Crippen molar-refractivity contribution in [2.75, 3.05) is 0 Å². The monoisotopic (exact) mass is 245 g/mol. The predicted molar refractivity (Wildman–Crippen MR) is 78.8 cm³/mol. The highest BCUT2D eigenvalue weighted by Gasteiger charge is 2.27. The topological polar surface area (TPSA) is 26.0 Å². The second-order valence-corrected chi connectivity index (χ2v) is 6.86. The molecule has 0 aliphatic heterocycles. The van der Waals surface area contributed by atoms with Crippen LogP contribution in [0.1, 0.15) is 63.5 Å². The summed E-state index contributed by atoms with van der Waals surface area (Å²) in [7, 11) is 0. The molecule has 1 aliphatic carbocycles. The van der Waals surface area contributed by atoms with Crippen molar-refractivity contribution in [2.45, 2.75) is 64.8 Å². The van der Waals surface area contributed by atoms with Gasteiger partial charge < -0.3 is 5.73 Å². The second kappa shape index (κ2) is 5.44. The molecule has 0 bridgehead atoms. The van der Waals surface area contributed by atoms with Gasteiger partial charge in [0.2, 0.25) is 0 Å². The maximum atomic E-state index is 5.84. The molecule has 18 heavy (non-hydrogen) atoms. The Kier molecular flexibility index (Phi) is 4.11. The molecule has 0 aromatic heterocycles. The molecule has 1 atom stereocenters. The first-order valence-electron chi connectivity index (χ1n) is 7.31. The van der Waals surface area contributed by atoms with Gasteiger partial charge in [0.1, 0.15) is 0 Å². The van der Waals surface area contributed by atoms with Crippen molar-refractivity contribution >= 4 is 0 Å². The molecule has 1 aromatic carbocycles. The minimum Gasteiger partial charge on any atom is -0.328 e. The summed E-state index contributed by atoms with van der Waals surface area (Å²) in [4.78, 5) is 0. The fourth-order valence-electron chi connectivity index (χ4n) is 3.03. The van der Waals surface area contributed by atoms with Crippen LogP contribution >= 0.6 is 0 Å². The van der Waals surface area contributed by atoms with Crippen LogP contribution in [0.25, 0.3) is 0 Å². The van der Waals surface area contributed by atoms with E-state index in [9.17, 15) is 0 Å². The maximum Gasteiger partial charge on any atom is 0.00509 e. The van der Waals surface area contributed by atoms with E-state index in [4.69, 9.17) is 5.73 Å². The van der Waals surface area contributed by atoms with Gasteiger partial charge in [-0.05, 0) is 61.5 Å². The van der Waals surface area contributed by atoms with Crippen molar-refractivity contribution in [3.05, 3.63) is 35.4 Å². The zero-order valence-electron chi connectivity index (χ0n) is 12.1. The predicted octanol–water partition coefficient (Wildman–Crippen LogP) is 4.26. The van der Waals surface area contributed by atoms with Crippen molar-refractivity contribution < 1.29 is 0 Å². The number of hydrogen-bond acceptors (Lipinski definition) is 1. The van der Waals surface area contributed by atoms with Gasteiger partial charge in [0.25, 0.3) is 0 Å². The second-order valence-electron chi connectivity index (χ2n) is 6.86. The zero-order chi connectivity index (χ0) is 13.2. The van der Waals surface area contributed by atoms with E-state index in [2.05, 4.69) is 45.0 Å². The van der Waals surface area contributed by atoms with Crippen molar-refractivity contribution in [3.8, 4) is 0 Å². The summed E-state index contributed by atoms with van der Waals surface area (Å²) in [6.45, 7) is 6.86. The summed E-state index contributed by atoms with van der Waals surface area (Å²) in [6.07, 6.45) is 6.40. The smallest absolute Gasteiger partial charge is 0.00509 e.